The predicted molar refractivity (Wildman–Crippen MR) is 68.5 cm³/mol. The number of nitro groups is 3. The van der Waals surface area contributed by atoms with E-state index in [4.69, 9.17) is 0 Å². The summed E-state index contributed by atoms with van der Waals surface area (Å²) in [6.45, 7) is -1.33. The number of hydrogen-bond acceptors (Lipinski definition) is 8. The molecule has 0 aliphatic carbocycles. The van der Waals surface area contributed by atoms with Crippen molar-refractivity contribution in [2.75, 3.05) is 13.6 Å². The maximum absolute atomic E-state index is 11.8. The monoisotopic (exact) mass is 314 g/mol. The third-order valence-electron chi connectivity index (χ3n) is 2.53. The summed E-state index contributed by atoms with van der Waals surface area (Å²) in [5.74, 6) is -3.40. The van der Waals surface area contributed by atoms with Crippen molar-refractivity contribution in [3.8, 4) is 0 Å². The van der Waals surface area contributed by atoms with Gasteiger partial charge in [-0.05, 0) is 4.86 Å². The standard InChI is InChI=1S/C9H10N6O7/c1-11(15(21)22)7-9(13(17)18,14(19)20)10-12(16)8-5-3-2-4-6-8/h2-6H,7H2,1H3. The maximum atomic E-state index is 11.8. The van der Waals surface area contributed by atoms with Gasteiger partial charge in [-0.1, -0.05) is 18.2 Å². The average Bonchev–Trinajstić information content (AvgIpc) is 2.46. The van der Waals surface area contributed by atoms with Gasteiger partial charge in [-0.2, -0.15) is 0 Å². The quantitative estimate of drug-likeness (QED) is 0.231. The van der Waals surface area contributed by atoms with E-state index in [1.807, 2.05) is 0 Å². The van der Waals surface area contributed by atoms with Crippen LogP contribution in [-0.2, 0) is 0 Å². The van der Waals surface area contributed by atoms with Crippen molar-refractivity contribution < 1.29 is 19.7 Å². The van der Waals surface area contributed by atoms with Crippen LogP contribution in [0.25, 0.3) is 0 Å². The van der Waals surface area contributed by atoms with Crippen LogP contribution in [0, 0.1) is 35.6 Å². The Morgan fingerprint density at radius 2 is 1.55 bits per heavy atom. The van der Waals surface area contributed by atoms with E-state index in [1.165, 1.54) is 24.3 Å². The zero-order chi connectivity index (χ0) is 16.9. The topological polar surface area (TPSA) is 171 Å². The van der Waals surface area contributed by atoms with Crippen LogP contribution in [0.1, 0.15) is 0 Å². The Bertz CT molecular complexity index is 604. The number of para-hydroxylation sites is 1. The van der Waals surface area contributed by atoms with Crippen molar-refractivity contribution in [3.63, 3.8) is 0 Å². The number of azo groups is 1. The van der Waals surface area contributed by atoms with Crippen LogP contribution in [0.3, 0.4) is 0 Å². The fraction of sp³-hybridized carbons (Fsp3) is 0.333. The molecule has 0 saturated heterocycles. The molecule has 0 radical (unpaired) electrons. The van der Waals surface area contributed by atoms with Crippen LogP contribution in [0.15, 0.2) is 35.4 Å². The van der Waals surface area contributed by atoms with Crippen molar-refractivity contribution in [1.82, 2.24) is 5.01 Å². The number of rotatable bonds is 7. The average molecular weight is 314 g/mol. The van der Waals surface area contributed by atoms with Gasteiger partial charge in [-0.15, -0.1) is 5.01 Å². The Morgan fingerprint density at radius 3 is 1.95 bits per heavy atom. The van der Waals surface area contributed by atoms with E-state index in [-0.39, 0.29) is 15.6 Å². The second-order valence-corrected chi connectivity index (χ2v) is 4.05. The SMILES string of the molecule is CN(CC(N=[N+]([O-])c1ccccc1)([N+](=O)[O-])[N+](=O)[O-])[N+](=O)[O-]. The summed E-state index contributed by atoms with van der Waals surface area (Å²) in [6, 6.07) is 6.82. The van der Waals surface area contributed by atoms with Crippen LogP contribution < -0.4 is 0 Å². The first kappa shape index (κ1) is 16.7. The van der Waals surface area contributed by atoms with Crippen molar-refractivity contribution in [3.05, 3.63) is 65.9 Å². The van der Waals surface area contributed by atoms with Gasteiger partial charge >= 0.3 is 5.79 Å². The lowest BCUT2D eigenvalue weighted by molar-refractivity contribution is -0.822. The summed E-state index contributed by atoms with van der Waals surface area (Å²) < 4.78 is 0. The normalized spacial score (nSPS) is 11.8. The zero-order valence-corrected chi connectivity index (χ0v) is 11.1. The van der Waals surface area contributed by atoms with Gasteiger partial charge in [-0.25, -0.2) is 10.1 Å². The predicted octanol–water partition coefficient (Wildman–Crippen LogP) is 0.611. The minimum atomic E-state index is -3.40. The molecule has 118 valence electrons. The molecule has 0 atom stereocenters. The largest absolute Gasteiger partial charge is 0.634 e. The first-order valence-electron chi connectivity index (χ1n) is 5.60. The Morgan fingerprint density at radius 1 is 1.05 bits per heavy atom. The fourth-order valence-electron chi connectivity index (χ4n) is 1.41. The lowest BCUT2D eigenvalue weighted by Gasteiger charge is -2.13. The highest BCUT2D eigenvalue weighted by Gasteiger charge is 2.64. The summed E-state index contributed by atoms with van der Waals surface area (Å²) in [5.41, 5.74) is -0.195. The Balaban J connectivity index is 3.34. The van der Waals surface area contributed by atoms with E-state index in [0.29, 0.717) is 0 Å². The van der Waals surface area contributed by atoms with Crippen molar-refractivity contribution in [2.24, 2.45) is 5.11 Å². The lowest BCUT2D eigenvalue weighted by atomic mass is 10.3. The van der Waals surface area contributed by atoms with Gasteiger partial charge < -0.3 is 5.21 Å². The molecule has 13 heteroatoms. The second-order valence-electron chi connectivity index (χ2n) is 4.05. The number of hydrogen-bond donors (Lipinski definition) is 0. The second kappa shape index (κ2) is 6.38. The minimum absolute atomic E-state index is 0.105. The lowest BCUT2D eigenvalue weighted by Crippen LogP contribution is -2.54. The molecule has 1 aromatic rings. The van der Waals surface area contributed by atoms with Gasteiger partial charge in [-0.3, -0.25) is 20.2 Å². The molecule has 0 aliphatic heterocycles. The molecule has 0 heterocycles. The molecular weight excluding hydrogens is 304 g/mol. The van der Waals surface area contributed by atoms with E-state index in [1.54, 1.807) is 6.07 Å². The molecule has 0 N–H and O–H groups in total. The van der Waals surface area contributed by atoms with Gasteiger partial charge in [0.05, 0.1) is 7.05 Å². The van der Waals surface area contributed by atoms with Gasteiger partial charge in [0.2, 0.25) is 5.69 Å². The first-order valence-corrected chi connectivity index (χ1v) is 5.60. The molecule has 0 unspecified atom stereocenters. The number of likely N-dealkylation sites (N-methyl/N-ethyl adjacent to an activating group) is 1. The Kier molecular flexibility index (Phi) is 4.84. The fourth-order valence-corrected chi connectivity index (χ4v) is 1.41. The molecule has 0 spiro atoms. The van der Waals surface area contributed by atoms with Crippen molar-refractivity contribution >= 4 is 5.69 Å². The molecule has 22 heavy (non-hydrogen) atoms. The molecule has 0 aromatic heterocycles. The molecular formula is C9H10N6O7. The van der Waals surface area contributed by atoms with E-state index < -0.39 is 27.2 Å². The molecule has 0 saturated carbocycles. The van der Waals surface area contributed by atoms with Crippen LogP contribution in [0.2, 0.25) is 0 Å². The first-order chi connectivity index (χ1) is 10.2. The van der Waals surface area contributed by atoms with Crippen LogP contribution in [-0.4, -0.2) is 44.1 Å². The summed E-state index contributed by atoms with van der Waals surface area (Å²) in [5, 5.41) is 46.3. The minimum Gasteiger partial charge on any atom is -0.594 e. The molecule has 13 nitrogen and oxygen atoms in total. The molecule has 1 rings (SSSR count). The highest BCUT2D eigenvalue weighted by Crippen LogP contribution is 2.19. The van der Waals surface area contributed by atoms with Crippen molar-refractivity contribution in [1.29, 1.82) is 0 Å². The van der Waals surface area contributed by atoms with Gasteiger partial charge in [0.15, 0.2) is 5.03 Å². The molecule has 0 aliphatic rings. The summed E-state index contributed by atoms with van der Waals surface area (Å²) in [7, 11) is 0.787. The number of nitrogens with zero attached hydrogens (tertiary/aromatic N) is 6. The number of benzene rings is 1. The van der Waals surface area contributed by atoms with E-state index in [2.05, 4.69) is 5.11 Å². The van der Waals surface area contributed by atoms with Crippen molar-refractivity contribution in [2.45, 2.75) is 5.79 Å². The zero-order valence-electron chi connectivity index (χ0n) is 11.1. The number of hydrazine groups is 1. The van der Waals surface area contributed by atoms with Crippen LogP contribution in [0.4, 0.5) is 5.69 Å². The van der Waals surface area contributed by atoms with Crippen LogP contribution in [0.5, 0.6) is 0 Å². The maximum Gasteiger partial charge on any atom is 0.634 e. The van der Waals surface area contributed by atoms with Gasteiger partial charge in [0, 0.05) is 12.1 Å². The Labute approximate surface area is 122 Å². The highest BCUT2D eigenvalue weighted by atomic mass is 16.7. The summed E-state index contributed by atoms with van der Waals surface area (Å²) >= 11 is 0. The summed E-state index contributed by atoms with van der Waals surface area (Å²) in [6.07, 6.45) is 0. The molecule has 1 aromatic carbocycles. The van der Waals surface area contributed by atoms with E-state index in [0.717, 1.165) is 7.05 Å². The smallest absolute Gasteiger partial charge is 0.594 e. The van der Waals surface area contributed by atoms with E-state index >= 15 is 0 Å². The van der Waals surface area contributed by atoms with E-state index in [9.17, 15) is 35.6 Å². The molecule has 0 bridgehead atoms. The van der Waals surface area contributed by atoms with Gasteiger partial charge in [0.25, 0.3) is 6.54 Å². The molecule has 0 fully saturated rings. The third kappa shape index (κ3) is 3.38. The Hall–Kier alpha value is -3.38. The third-order valence-corrected chi connectivity index (χ3v) is 2.53. The van der Waals surface area contributed by atoms with Crippen LogP contribution >= 0.6 is 0 Å². The molecule has 0 amide bonds. The van der Waals surface area contributed by atoms with Gasteiger partial charge in [0.1, 0.15) is 15.0 Å². The summed E-state index contributed by atoms with van der Waals surface area (Å²) in [4.78, 5) is 29.4. The highest BCUT2D eigenvalue weighted by molar-refractivity contribution is 5.27.